The summed E-state index contributed by atoms with van der Waals surface area (Å²) in [4.78, 5) is 6.91. The van der Waals surface area contributed by atoms with Crippen LogP contribution in [-0.4, -0.2) is 45.3 Å². The van der Waals surface area contributed by atoms with Crippen LogP contribution in [0.2, 0.25) is 0 Å². The Morgan fingerprint density at radius 3 is 2.75 bits per heavy atom. The van der Waals surface area contributed by atoms with Gasteiger partial charge in [0.1, 0.15) is 0 Å². The lowest BCUT2D eigenvalue weighted by atomic mass is 10.2. The molecule has 0 fully saturated rings. The maximum absolute atomic E-state index is 4.75. The van der Waals surface area contributed by atoms with Gasteiger partial charge in [0.25, 0.3) is 0 Å². The minimum Gasteiger partial charge on any atom is -0.357 e. The highest BCUT2D eigenvalue weighted by Crippen LogP contribution is 2.15. The number of hydrogen-bond acceptors (Lipinski definition) is 2. The van der Waals surface area contributed by atoms with Crippen LogP contribution in [0.5, 0.6) is 0 Å². The Morgan fingerprint density at radius 1 is 1.38 bits per heavy atom. The van der Waals surface area contributed by atoms with Crippen LogP contribution in [0.1, 0.15) is 24.6 Å². The van der Waals surface area contributed by atoms with Gasteiger partial charge in [-0.1, -0.05) is 0 Å². The van der Waals surface area contributed by atoms with E-state index in [1.807, 2.05) is 17.9 Å². The standard InChI is InChI=1S/C17H27BrN6/c1-5-19-17(20-8-6-7-14-10-21-24(4)11-14)23(3)13-16-9-15(18)12-22(16)2/h9-12H,5-8,13H2,1-4H3,(H,19,20). The molecule has 0 aliphatic rings. The monoisotopic (exact) mass is 394 g/mol. The van der Waals surface area contributed by atoms with Crippen molar-refractivity contribution in [1.29, 1.82) is 0 Å². The summed E-state index contributed by atoms with van der Waals surface area (Å²) in [5.74, 6) is 0.945. The average molecular weight is 395 g/mol. The summed E-state index contributed by atoms with van der Waals surface area (Å²) in [6.45, 7) is 4.58. The molecule has 2 heterocycles. The van der Waals surface area contributed by atoms with Crippen LogP contribution in [0.3, 0.4) is 0 Å². The van der Waals surface area contributed by atoms with Gasteiger partial charge in [-0.2, -0.15) is 5.10 Å². The summed E-state index contributed by atoms with van der Waals surface area (Å²) in [5.41, 5.74) is 2.50. The first kappa shape index (κ1) is 18.6. The van der Waals surface area contributed by atoms with E-state index in [4.69, 9.17) is 4.99 Å². The highest BCUT2D eigenvalue weighted by molar-refractivity contribution is 9.10. The number of rotatable bonds is 7. The van der Waals surface area contributed by atoms with Crippen LogP contribution >= 0.6 is 15.9 Å². The summed E-state index contributed by atoms with van der Waals surface area (Å²) in [5, 5.41) is 7.57. The Labute approximate surface area is 152 Å². The van der Waals surface area contributed by atoms with Gasteiger partial charge < -0.3 is 14.8 Å². The number of nitrogens with one attached hydrogen (secondary N) is 1. The minimum absolute atomic E-state index is 0.804. The normalized spacial score (nSPS) is 11.8. The average Bonchev–Trinajstić information content (AvgIpc) is 3.07. The van der Waals surface area contributed by atoms with E-state index in [9.17, 15) is 0 Å². The summed E-state index contributed by atoms with van der Waals surface area (Å²) >= 11 is 3.52. The number of halogens is 1. The van der Waals surface area contributed by atoms with Crippen LogP contribution in [0.25, 0.3) is 0 Å². The molecule has 0 saturated carbocycles. The third kappa shape index (κ3) is 5.40. The van der Waals surface area contributed by atoms with Gasteiger partial charge in [0.05, 0.1) is 12.7 Å². The van der Waals surface area contributed by atoms with E-state index >= 15 is 0 Å². The van der Waals surface area contributed by atoms with Crippen molar-refractivity contribution in [2.75, 3.05) is 20.1 Å². The molecular weight excluding hydrogens is 368 g/mol. The van der Waals surface area contributed by atoms with Gasteiger partial charge in [0.2, 0.25) is 0 Å². The fourth-order valence-electron chi connectivity index (χ4n) is 2.58. The predicted octanol–water partition coefficient (Wildman–Crippen LogP) is 2.55. The van der Waals surface area contributed by atoms with Gasteiger partial charge in [0.15, 0.2) is 5.96 Å². The number of hydrogen-bond donors (Lipinski definition) is 1. The van der Waals surface area contributed by atoms with Crippen LogP contribution in [0.15, 0.2) is 34.1 Å². The molecule has 7 heteroatoms. The van der Waals surface area contributed by atoms with E-state index < -0.39 is 0 Å². The molecule has 6 nitrogen and oxygen atoms in total. The minimum atomic E-state index is 0.804. The topological polar surface area (TPSA) is 50.4 Å². The number of nitrogens with zero attached hydrogens (tertiary/aromatic N) is 5. The van der Waals surface area contributed by atoms with Crippen molar-refractivity contribution in [3.63, 3.8) is 0 Å². The molecule has 24 heavy (non-hydrogen) atoms. The summed E-state index contributed by atoms with van der Waals surface area (Å²) in [6.07, 6.45) is 8.08. The fraction of sp³-hybridized carbons (Fsp3) is 0.529. The molecule has 2 aromatic rings. The number of aromatic nitrogens is 3. The van der Waals surface area contributed by atoms with E-state index in [1.54, 1.807) is 0 Å². The smallest absolute Gasteiger partial charge is 0.194 e. The summed E-state index contributed by atoms with van der Waals surface area (Å²) < 4.78 is 5.08. The fourth-order valence-corrected chi connectivity index (χ4v) is 3.15. The Kier molecular flexibility index (Phi) is 6.90. The molecule has 1 N–H and O–H groups in total. The molecule has 0 radical (unpaired) electrons. The molecule has 0 unspecified atom stereocenters. The van der Waals surface area contributed by atoms with E-state index in [0.29, 0.717) is 0 Å². The van der Waals surface area contributed by atoms with Crippen molar-refractivity contribution >= 4 is 21.9 Å². The lowest BCUT2D eigenvalue weighted by Crippen LogP contribution is -2.38. The second kappa shape index (κ2) is 8.92. The number of aliphatic imine (C=N–C) groups is 1. The van der Waals surface area contributed by atoms with Crippen molar-refractivity contribution in [2.45, 2.75) is 26.3 Å². The number of aryl methyl sites for hydroxylation is 3. The molecule has 0 amide bonds. The first-order valence-corrected chi connectivity index (χ1v) is 9.06. The second-order valence-corrected chi connectivity index (χ2v) is 6.89. The second-order valence-electron chi connectivity index (χ2n) is 5.98. The molecule has 2 aromatic heterocycles. The predicted molar refractivity (Wildman–Crippen MR) is 102 cm³/mol. The Balaban J connectivity index is 1.90. The zero-order valence-corrected chi connectivity index (χ0v) is 16.5. The molecular formula is C17H27BrN6. The van der Waals surface area contributed by atoms with E-state index in [0.717, 1.165) is 42.9 Å². The van der Waals surface area contributed by atoms with Crippen LogP contribution in [-0.2, 0) is 27.1 Å². The summed E-state index contributed by atoms with van der Waals surface area (Å²) in [7, 11) is 6.08. The molecule has 0 spiro atoms. The van der Waals surface area contributed by atoms with E-state index in [2.05, 4.69) is 75.3 Å². The van der Waals surface area contributed by atoms with Crippen molar-refractivity contribution in [3.05, 3.63) is 40.4 Å². The van der Waals surface area contributed by atoms with E-state index in [-0.39, 0.29) is 0 Å². The van der Waals surface area contributed by atoms with Crippen molar-refractivity contribution in [2.24, 2.45) is 19.1 Å². The highest BCUT2D eigenvalue weighted by atomic mass is 79.9. The SMILES string of the molecule is CCNC(=NCCCc1cnn(C)c1)N(C)Cc1cc(Br)cn1C. The molecule has 0 aromatic carbocycles. The van der Waals surface area contributed by atoms with Crippen molar-refractivity contribution in [3.8, 4) is 0 Å². The maximum Gasteiger partial charge on any atom is 0.194 e. The Morgan fingerprint density at radius 2 is 2.17 bits per heavy atom. The van der Waals surface area contributed by atoms with Gasteiger partial charge >= 0.3 is 0 Å². The number of guanidine groups is 1. The molecule has 0 saturated heterocycles. The molecule has 0 atom stereocenters. The molecule has 0 aliphatic carbocycles. The van der Waals surface area contributed by atoms with Gasteiger partial charge in [-0.15, -0.1) is 0 Å². The molecule has 132 valence electrons. The Bertz CT molecular complexity index is 672. The first-order chi connectivity index (χ1) is 11.5. The van der Waals surface area contributed by atoms with Gasteiger partial charge in [0, 0.05) is 56.8 Å². The lowest BCUT2D eigenvalue weighted by Gasteiger charge is -2.22. The third-order valence-corrected chi connectivity index (χ3v) is 4.25. The van der Waals surface area contributed by atoms with Gasteiger partial charge in [-0.25, -0.2) is 0 Å². The maximum atomic E-state index is 4.75. The largest absolute Gasteiger partial charge is 0.357 e. The highest BCUT2D eigenvalue weighted by Gasteiger charge is 2.09. The summed E-state index contributed by atoms with van der Waals surface area (Å²) in [6, 6.07) is 2.14. The van der Waals surface area contributed by atoms with Crippen LogP contribution in [0.4, 0.5) is 0 Å². The molecule has 2 rings (SSSR count). The van der Waals surface area contributed by atoms with Crippen molar-refractivity contribution in [1.82, 2.24) is 24.6 Å². The van der Waals surface area contributed by atoms with E-state index in [1.165, 1.54) is 11.3 Å². The Hall–Kier alpha value is -1.76. The molecule has 0 bridgehead atoms. The third-order valence-electron chi connectivity index (χ3n) is 3.81. The zero-order valence-electron chi connectivity index (χ0n) is 15.0. The van der Waals surface area contributed by atoms with Crippen LogP contribution < -0.4 is 5.32 Å². The quantitative estimate of drug-likeness (QED) is 0.445. The van der Waals surface area contributed by atoms with Crippen molar-refractivity contribution < 1.29 is 0 Å². The molecule has 0 aliphatic heterocycles. The lowest BCUT2D eigenvalue weighted by molar-refractivity contribution is 0.461. The van der Waals surface area contributed by atoms with Gasteiger partial charge in [-0.3, -0.25) is 9.67 Å². The zero-order chi connectivity index (χ0) is 17.5. The first-order valence-electron chi connectivity index (χ1n) is 8.27. The van der Waals surface area contributed by atoms with Crippen LogP contribution in [0, 0.1) is 0 Å². The van der Waals surface area contributed by atoms with Gasteiger partial charge in [-0.05, 0) is 47.3 Å².